The molecule has 0 radical (unpaired) electrons. The summed E-state index contributed by atoms with van der Waals surface area (Å²) in [7, 11) is 0. The summed E-state index contributed by atoms with van der Waals surface area (Å²) in [5.74, 6) is -4.09. The minimum atomic E-state index is -1.41. The number of aromatic nitrogens is 5. The molecule has 3 aromatic rings. The minimum Gasteiger partial charge on any atom is -0.477 e. The zero-order valence-corrected chi connectivity index (χ0v) is 25.0. The van der Waals surface area contributed by atoms with Crippen LogP contribution in [0.15, 0.2) is 40.7 Å². The molecule has 5 heterocycles. The number of anilines is 1. The average molecular weight is 654 g/mol. The summed E-state index contributed by atoms with van der Waals surface area (Å²) in [5, 5.41) is 22.4. The van der Waals surface area contributed by atoms with E-state index in [4.69, 9.17) is 10.5 Å². The van der Waals surface area contributed by atoms with E-state index in [0.717, 1.165) is 30.2 Å². The lowest BCUT2D eigenvalue weighted by molar-refractivity contribution is -0.150. The summed E-state index contributed by atoms with van der Waals surface area (Å²) < 4.78 is 23.7. The maximum absolute atomic E-state index is 15.3. The lowest BCUT2D eigenvalue weighted by Crippen LogP contribution is -2.70. The van der Waals surface area contributed by atoms with Crippen molar-refractivity contribution >= 4 is 52.1 Å². The van der Waals surface area contributed by atoms with E-state index in [1.54, 1.807) is 10.6 Å². The van der Waals surface area contributed by atoms with E-state index in [9.17, 15) is 29.1 Å². The quantitative estimate of drug-likeness (QED) is 0.199. The molecule has 7 rings (SSSR count). The fourth-order valence-corrected chi connectivity index (χ4v) is 7.38. The molecule has 1 unspecified atom stereocenters. The number of halogens is 1. The van der Waals surface area contributed by atoms with Crippen molar-refractivity contribution in [3.63, 3.8) is 0 Å². The lowest BCUT2D eigenvalue weighted by Gasteiger charge is -2.49. The molecule has 0 spiro atoms. The number of aliphatic carboxylic acids is 1. The van der Waals surface area contributed by atoms with Gasteiger partial charge in [0.2, 0.25) is 11.3 Å². The molecule has 4 N–H and O–H groups in total. The predicted molar refractivity (Wildman–Crippen MR) is 159 cm³/mol. The molecule has 4 aliphatic rings. The first-order valence-corrected chi connectivity index (χ1v) is 15.6. The Morgan fingerprint density at radius 1 is 1.20 bits per heavy atom. The Balaban J connectivity index is 1.10. The molecule has 16 nitrogen and oxygen atoms in total. The van der Waals surface area contributed by atoms with Crippen LogP contribution in [0.25, 0.3) is 10.9 Å². The number of nitrogens with zero attached hydrogens (tertiary/aromatic N) is 7. The van der Waals surface area contributed by atoms with Crippen LogP contribution in [0.5, 0.6) is 0 Å². The number of carboxylic acids is 1. The number of β-lactam (4-membered cyclic amide) rings is 1. The number of ether oxygens (including phenoxy) is 1. The van der Waals surface area contributed by atoms with Crippen LogP contribution in [0.3, 0.4) is 0 Å². The Morgan fingerprint density at radius 2 is 2.00 bits per heavy atom. The Bertz CT molecular complexity index is 1880. The van der Waals surface area contributed by atoms with E-state index in [1.165, 1.54) is 29.0 Å². The second-order valence-corrected chi connectivity index (χ2v) is 12.7. The normalized spacial score (nSPS) is 22.6. The maximum Gasteiger partial charge on any atom is 0.352 e. The molecule has 3 fully saturated rings. The molecular formula is C28H28FN9O7S. The van der Waals surface area contributed by atoms with Gasteiger partial charge in [-0.25, -0.2) is 18.7 Å². The van der Waals surface area contributed by atoms with Crippen LogP contribution < -0.4 is 21.4 Å². The van der Waals surface area contributed by atoms with Crippen molar-refractivity contribution in [3.05, 3.63) is 57.5 Å². The van der Waals surface area contributed by atoms with Gasteiger partial charge in [0.15, 0.2) is 0 Å². The lowest BCUT2D eigenvalue weighted by atomic mass is 10.0. The van der Waals surface area contributed by atoms with Gasteiger partial charge < -0.3 is 30.4 Å². The summed E-state index contributed by atoms with van der Waals surface area (Å²) in [4.78, 5) is 67.2. The van der Waals surface area contributed by atoms with Crippen molar-refractivity contribution in [1.82, 2.24) is 35.0 Å². The Morgan fingerprint density at radius 3 is 2.67 bits per heavy atom. The van der Waals surface area contributed by atoms with Crippen molar-refractivity contribution in [3.8, 4) is 0 Å². The molecular weight excluding hydrogens is 625 g/mol. The van der Waals surface area contributed by atoms with Gasteiger partial charge in [-0.2, -0.15) is 0 Å². The van der Waals surface area contributed by atoms with Crippen molar-refractivity contribution in [2.75, 3.05) is 30.3 Å². The van der Waals surface area contributed by atoms with Crippen molar-refractivity contribution in [1.29, 1.82) is 0 Å². The molecule has 1 aliphatic carbocycles. The third-order valence-corrected chi connectivity index (χ3v) is 9.81. The number of esters is 1. The number of tetrazole rings is 1. The summed E-state index contributed by atoms with van der Waals surface area (Å²) in [6.45, 7) is 0.363. The van der Waals surface area contributed by atoms with Gasteiger partial charge in [-0.1, -0.05) is 0 Å². The van der Waals surface area contributed by atoms with Crippen LogP contribution in [0, 0.1) is 5.82 Å². The smallest absolute Gasteiger partial charge is 0.352 e. The standard InChI is InChI=1S/C28H28FN9O7S/c29-18-5-16-19(6-20(18)35-4-3-14(30)7-35)37(15-1-2-15)8-17(24(16)40)28(44)45-10-13-11-46-26-22(25(41)38(26)23(13)27(42)43)32-21(39)9-36-12-31-33-34-36/h5-6,8,12,14-15,22,26H,1-4,7,9-11,30H2,(H,32,39)(H,42,43)/t14?,22-,26-/m1/s1. The Labute approximate surface area is 263 Å². The third-order valence-electron chi connectivity index (χ3n) is 8.47. The maximum atomic E-state index is 15.3. The number of pyridine rings is 1. The number of nitrogens with one attached hydrogen (secondary N) is 1. The van der Waals surface area contributed by atoms with Crippen LogP contribution in [0.1, 0.15) is 35.7 Å². The zero-order chi connectivity index (χ0) is 32.3. The van der Waals surface area contributed by atoms with Crippen molar-refractivity contribution in [2.45, 2.75) is 49.3 Å². The van der Waals surface area contributed by atoms with Crippen LogP contribution in [-0.4, -0.2) is 101 Å². The fraction of sp³-hybridized carbons (Fsp3) is 0.429. The second-order valence-electron chi connectivity index (χ2n) is 11.6. The van der Waals surface area contributed by atoms with Crippen molar-refractivity contribution in [2.24, 2.45) is 5.73 Å². The number of carbonyl (C=O) groups excluding carboxylic acids is 3. The SMILES string of the molecule is NC1CCN(c2cc3c(cc2F)c(=O)c(C(=O)OCC2=C(C(=O)O)N4C(=O)[C@@H](NC(=O)Cn5cnnn5)[C@H]4SC2)cn3C2CC2)C1. The molecule has 3 aliphatic heterocycles. The molecule has 18 heteroatoms. The molecule has 46 heavy (non-hydrogen) atoms. The van der Waals surface area contributed by atoms with Crippen LogP contribution in [0.2, 0.25) is 0 Å². The number of benzene rings is 1. The fourth-order valence-electron chi connectivity index (χ4n) is 6.05. The van der Waals surface area contributed by atoms with E-state index in [2.05, 4.69) is 20.8 Å². The van der Waals surface area contributed by atoms with Gasteiger partial charge in [-0.15, -0.1) is 16.9 Å². The van der Waals surface area contributed by atoms with Gasteiger partial charge in [0.1, 0.15) is 48.0 Å². The van der Waals surface area contributed by atoms with Gasteiger partial charge in [0, 0.05) is 48.1 Å². The van der Waals surface area contributed by atoms with Gasteiger partial charge in [0.25, 0.3) is 5.91 Å². The molecule has 0 bridgehead atoms. The first-order valence-electron chi connectivity index (χ1n) is 14.6. The number of hydrogen-bond donors (Lipinski definition) is 3. The molecule has 3 atom stereocenters. The first kappa shape index (κ1) is 29.8. The molecule has 1 aromatic carbocycles. The summed E-state index contributed by atoms with van der Waals surface area (Å²) in [5.41, 5.74) is 5.66. The van der Waals surface area contributed by atoms with E-state index in [1.807, 2.05) is 4.90 Å². The highest BCUT2D eigenvalue weighted by atomic mass is 32.2. The number of carboxylic acid groups (broad SMARTS) is 1. The van der Waals surface area contributed by atoms with E-state index < -0.39 is 53.0 Å². The highest BCUT2D eigenvalue weighted by molar-refractivity contribution is 8.00. The number of carbonyl (C=O) groups is 4. The van der Waals surface area contributed by atoms with Crippen molar-refractivity contribution < 1.29 is 33.4 Å². The molecule has 1 saturated carbocycles. The summed E-state index contributed by atoms with van der Waals surface area (Å²) in [6.07, 6.45) is 5.03. The Kier molecular flexibility index (Phi) is 7.47. The molecule has 2 aromatic heterocycles. The van der Waals surface area contributed by atoms with E-state index in [0.29, 0.717) is 24.3 Å². The van der Waals surface area contributed by atoms with Crippen LogP contribution >= 0.6 is 11.8 Å². The van der Waals surface area contributed by atoms with Gasteiger partial charge in [-0.3, -0.25) is 19.3 Å². The monoisotopic (exact) mass is 653 g/mol. The predicted octanol–water partition coefficient (Wildman–Crippen LogP) is -0.405. The molecule has 2 amide bonds. The van der Waals surface area contributed by atoms with Gasteiger partial charge in [-0.05, 0) is 41.8 Å². The Hall–Kier alpha value is -4.84. The molecule has 240 valence electrons. The number of amides is 2. The van der Waals surface area contributed by atoms with Crippen LogP contribution in [0.4, 0.5) is 10.1 Å². The van der Waals surface area contributed by atoms with Gasteiger partial charge >= 0.3 is 11.9 Å². The minimum absolute atomic E-state index is 0.0283. The topological polar surface area (TPSA) is 208 Å². The van der Waals surface area contributed by atoms with Gasteiger partial charge in [0.05, 0.1) is 11.2 Å². The first-order chi connectivity index (χ1) is 22.1. The largest absolute Gasteiger partial charge is 0.477 e. The molecule has 2 saturated heterocycles. The number of fused-ring (bicyclic) bond motifs is 2. The average Bonchev–Trinajstić information content (AvgIpc) is 3.58. The number of rotatable bonds is 9. The summed E-state index contributed by atoms with van der Waals surface area (Å²) in [6, 6.07) is 1.76. The second kappa shape index (κ2) is 11.5. The number of nitrogens with two attached hydrogens (primary N) is 1. The highest BCUT2D eigenvalue weighted by Crippen LogP contribution is 2.41. The third kappa shape index (κ3) is 5.26. The highest BCUT2D eigenvalue weighted by Gasteiger charge is 2.54. The number of hydrogen-bond acceptors (Lipinski definition) is 12. The van der Waals surface area contributed by atoms with E-state index >= 15 is 4.39 Å². The number of thioether (sulfide) groups is 1. The summed E-state index contributed by atoms with van der Waals surface area (Å²) >= 11 is 1.20. The van der Waals surface area contributed by atoms with E-state index in [-0.39, 0.29) is 46.6 Å². The van der Waals surface area contributed by atoms with Crippen LogP contribution in [-0.2, 0) is 25.7 Å². The zero-order valence-electron chi connectivity index (χ0n) is 24.2.